The average Bonchev–Trinajstić information content (AvgIpc) is 2.86. The molecule has 0 unspecified atom stereocenters. The van der Waals surface area contributed by atoms with E-state index in [0.29, 0.717) is 0 Å². The molecule has 16 heavy (non-hydrogen) atoms. The van der Waals surface area contributed by atoms with E-state index in [0.717, 1.165) is 0 Å². The summed E-state index contributed by atoms with van der Waals surface area (Å²) in [6, 6.07) is 10.0. The quantitative estimate of drug-likeness (QED) is 0.487. The van der Waals surface area contributed by atoms with Crippen LogP contribution in [0, 0.1) is 34.6 Å². The molecule has 0 bridgehead atoms. The molecule has 0 N–H and O–H groups in total. The minimum absolute atomic E-state index is 0. The van der Waals surface area contributed by atoms with E-state index in [9.17, 15) is 0 Å². The molecule has 0 amide bonds. The maximum absolute atomic E-state index is 2.20. The molecule has 0 radical (unpaired) electrons. The van der Waals surface area contributed by atoms with E-state index in [1.54, 1.807) is 0 Å². The van der Waals surface area contributed by atoms with Gasteiger partial charge in [-0.1, -0.05) is 34.6 Å². The second kappa shape index (κ2) is 6.71. The van der Waals surface area contributed by atoms with E-state index in [1.807, 2.05) is 30.3 Å². The number of hydrogen-bond donors (Lipinski definition) is 0. The van der Waals surface area contributed by atoms with Crippen LogP contribution in [-0.4, -0.2) is 0 Å². The second-order valence-corrected chi connectivity index (χ2v) is 4.09. The molecule has 0 heterocycles. The van der Waals surface area contributed by atoms with Crippen molar-refractivity contribution in [1.29, 1.82) is 0 Å². The minimum atomic E-state index is 0. The first-order valence-electron chi connectivity index (χ1n) is 5.42. The third-order valence-corrected chi connectivity index (χ3v) is 3.37. The molecule has 0 nitrogen and oxygen atoms in total. The molecular formula is C15H20Ni-2. The van der Waals surface area contributed by atoms with Gasteiger partial charge in [0.05, 0.1) is 0 Å². The van der Waals surface area contributed by atoms with E-state index in [-0.39, 0.29) is 16.5 Å². The molecule has 0 aliphatic heterocycles. The summed E-state index contributed by atoms with van der Waals surface area (Å²) in [5.41, 5.74) is 7.34. The van der Waals surface area contributed by atoms with Gasteiger partial charge in [-0.2, -0.15) is 46.0 Å². The van der Waals surface area contributed by atoms with Gasteiger partial charge < -0.3 is 0 Å². The summed E-state index contributed by atoms with van der Waals surface area (Å²) in [5, 5.41) is 0. The minimum Gasteiger partial charge on any atom is -0.214 e. The predicted octanol–water partition coefficient (Wildman–Crippen LogP) is 4.35. The SMILES string of the molecule is Cc1c(C)c(C)[c-](C)c1C.[Ni].c1cc[cH-]c1. The normalized spacial score (nSPS) is 9.06. The molecule has 2 rings (SSSR count). The Morgan fingerprint density at radius 3 is 1.38 bits per heavy atom. The molecule has 92 valence electrons. The molecule has 2 aromatic rings. The van der Waals surface area contributed by atoms with Crippen LogP contribution in [0.15, 0.2) is 30.3 Å². The van der Waals surface area contributed by atoms with Crippen molar-refractivity contribution in [1.82, 2.24) is 0 Å². The van der Waals surface area contributed by atoms with Crippen molar-refractivity contribution in [3.05, 3.63) is 58.1 Å². The topological polar surface area (TPSA) is 0 Å². The van der Waals surface area contributed by atoms with Gasteiger partial charge in [0.15, 0.2) is 0 Å². The summed E-state index contributed by atoms with van der Waals surface area (Å²) in [6.45, 7) is 11.0. The zero-order chi connectivity index (χ0) is 11.4. The largest absolute Gasteiger partial charge is 0.214 e. The van der Waals surface area contributed by atoms with E-state index in [1.165, 1.54) is 27.8 Å². The Bertz CT molecular complexity index is 308. The van der Waals surface area contributed by atoms with Crippen LogP contribution in [0.4, 0.5) is 0 Å². The van der Waals surface area contributed by atoms with Crippen LogP contribution in [0.25, 0.3) is 0 Å². The van der Waals surface area contributed by atoms with Gasteiger partial charge in [0, 0.05) is 16.5 Å². The molecule has 0 aliphatic rings. The van der Waals surface area contributed by atoms with Gasteiger partial charge in [0.1, 0.15) is 0 Å². The average molecular weight is 259 g/mol. The maximum atomic E-state index is 2.20. The fraction of sp³-hybridized carbons (Fsp3) is 0.333. The summed E-state index contributed by atoms with van der Waals surface area (Å²) in [7, 11) is 0. The first kappa shape index (κ1) is 15.2. The first-order chi connectivity index (χ1) is 7.05. The van der Waals surface area contributed by atoms with Gasteiger partial charge in [-0.05, 0) is 0 Å². The van der Waals surface area contributed by atoms with E-state index in [4.69, 9.17) is 0 Å². The van der Waals surface area contributed by atoms with Crippen LogP contribution < -0.4 is 0 Å². The van der Waals surface area contributed by atoms with Crippen LogP contribution in [0.3, 0.4) is 0 Å². The van der Waals surface area contributed by atoms with E-state index in [2.05, 4.69) is 34.6 Å². The fourth-order valence-electron chi connectivity index (χ4n) is 1.73. The van der Waals surface area contributed by atoms with Crippen molar-refractivity contribution in [2.24, 2.45) is 0 Å². The second-order valence-electron chi connectivity index (χ2n) is 4.09. The van der Waals surface area contributed by atoms with Crippen molar-refractivity contribution >= 4 is 0 Å². The third kappa shape index (κ3) is 3.35. The molecule has 1 heteroatoms. The first-order valence-corrected chi connectivity index (χ1v) is 5.42. The Kier molecular flexibility index (Phi) is 6.37. The van der Waals surface area contributed by atoms with Crippen molar-refractivity contribution in [2.75, 3.05) is 0 Å². The Morgan fingerprint density at radius 2 is 1.25 bits per heavy atom. The van der Waals surface area contributed by atoms with Crippen molar-refractivity contribution in [2.45, 2.75) is 34.6 Å². The van der Waals surface area contributed by atoms with Crippen molar-refractivity contribution in [3.8, 4) is 0 Å². The summed E-state index contributed by atoms with van der Waals surface area (Å²) >= 11 is 0. The Hall–Kier alpha value is -0.806. The standard InChI is InChI=1S/C10H15.C5H5.Ni/c1-6-7(2)9(4)10(5)8(6)3;1-2-4-5-3-1;/h1-5H3;1-5H;/q2*-1;. The molecule has 0 saturated carbocycles. The number of hydrogen-bond acceptors (Lipinski definition) is 0. The van der Waals surface area contributed by atoms with Gasteiger partial charge in [0.25, 0.3) is 0 Å². The Labute approximate surface area is 109 Å². The third-order valence-electron chi connectivity index (χ3n) is 3.37. The van der Waals surface area contributed by atoms with Crippen molar-refractivity contribution < 1.29 is 16.5 Å². The van der Waals surface area contributed by atoms with Gasteiger partial charge in [-0.15, -0.1) is 0 Å². The number of rotatable bonds is 0. The van der Waals surface area contributed by atoms with Crippen LogP contribution in [0.1, 0.15) is 27.8 Å². The summed E-state index contributed by atoms with van der Waals surface area (Å²) in [5.74, 6) is 0. The molecular weight excluding hydrogens is 239 g/mol. The van der Waals surface area contributed by atoms with Crippen LogP contribution in [-0.2, 0) is 16.5 Å². The summed E-state index contributed by atoms with van der Waals surface area (Å²) in [4.78, 5) is 0. The molecule has 2 aromatic carbocycles. The molecule has 0 atom stereocenters. The zero-order valence-electron chi connectivity index (χ0n) is 10.7. The Morgan fingerprint density at radius 1 is 0.875 bits per heavy atom. The van der Waals surface area contributed by atoms with Crippen molar-refractivity contribution in [3.63, 3.8) is 0 Å². The maximum Gasteiger partial charge on any atom is 0 e. The van der Waals surface area contributed by atoms with Crippen LogP contribution >= 0.6 is 0 Å². The van der Waals surface area contributed by atoms with Crippen LogP contribution in [0.2, 0.25) is 0 Å². The van der Waals surface area contributed by atoms with Gasteiger partial charge in [-0.3, -0.25) is 0 Å². The predicted molar refractivity (Wildman–Crippen MR) is 67.8 cm³/mol. The smallest absolute Gasteiger partial charge is 0 e. The van der Waals surface area contributed by atoms with E-state index >= 15 is 0 Å². The molecule has 0 saturated heterocycles. The van der Waals surface area contributed by atoms with Gasteiger partial charge >= 0.3 is 0 Å². The monoisotopic (exact) mass is 258 g/mol. The molecule has 0 spiro atoms. The molecule has 0 fully saturated rings. The Balaban J connectivity index is 0.000000318. The van der Waals surface area contributed by atoms with Gasteiger partial charge in [-0.25, -0.2) is 12.1 Å². The zero-order valence-corrected chi connectivity index (χ0v) is 11.7. The molecule has 0 aliphatic carbocycles. The summed E-state index contributed by atoms with van der Waals surface area (Å²) in [6.07, 6.45) is 0. The summed E-state index contributed by atoms with van der Waals surface area (Å²) < 4.78 is 0. The molecule has 0 aromatic heterocycles. The van der Waals surface area contributed by atoms with Crippen LogP contribution in [0.5, 0.6) is 0 Å². The van der Waals surface area contributed by atoms with E-state index < -0.39 is 0 Å². The van der Waals surface area contributed by atoms with Gasteiger partial charge in [0.2, 0.25) is 0 Å². The fourth-order valence-corrected chi connectivity index (χ4v) is 1.73.